The Hall–Kier alpha value is -1.15. The molecule has 6 nitrogen and oxygen atoms in total. The zero-order valence-electron chi connectivity index (χ0n) is 11.5. The molecule has 1 unspecified atom stereocenters. The number of halogens is 1. The van der Waals surface area contributed by atoms with Crippen LogP contribution in [0.1, 0.15) is 22.3 Å². The van der Waals surface area contributed by atoms with E-state index in [1.165, 1.54) is 19.1 Å². The highest BCUT2D eigenvalue weighted by Crippen LogP contribution is 2.24. The predicted molar refractivity (Wildman–Crippen MR) is 76.8 cm³/mol. The van der Waals surface area contributed by atoms with Gasteiger partial charge in [0.2, 0.25) is 10.0 Å². The summed E-state index contributed by atoms with van der Waals surface area (Å²) in [6.07, 6.45) is 0.838. The second-order valence-electron chi connectivity index (χ2n) is 4.95. The summed E-state index contributed by atoms with van der Waals surface area (Å²) in [5, 5.41) is 5.23. The Balaban J connectivity index is 2.22. The van der Waals surface area contributed by atoms with Crippen LogP contribution in [0.2, 0.25) is 5.02 Å². The number of esters is 1. The molecule has 0 radical (unpaired) electrons. The van der Waals surface area contributed by atoms with Crippen LogP contribution in [0.5, 0.6) is 0 Å². The average Bonchev–Trinajstić information content (AvgIpc) is 2.90. The van der Waals surface area contributed by atoms with E-state index in [1.807, 2.05) is 0 Å². The van der Waals surface area contributed by atoms with Crippen LogP contribution in [0, 0.1) is 12.8 Å². The molecule has 0 spiro atoms. The molecule has 0 saturated carbocycles. The van der Waals surface area contributed by atoms with Gasteiger partial charge in [0, 0.05) is 17.5 Å². The van der Waals surface area contributed by atoms with Crippen molar-refractivity contribution in [1.29, 1.82) is 0 Å². The molecule has 0 amide bonds. The summed E-state index contributed by atoms with van der Waals surface area (Å²) in [7, 11) is -3.95. The first-order valence-electron chi connectivity index (χ1n) is 6.37. The minimum Gasteiger partial charge on any atom is -0.462 e. The third kappa shape index (κ3) is 3.94. The maximum absolute atomic E-state index is 12.1. The van der Waals surface area contributed by atoms with Gasteiger partial charge in [0.15, 0.2) is 0 Å². The Morgan fingerprint density at radius 2 is 2.24 bits per heavy atom. The molecule has 21 heavy (non-hydrogen) atoms. The first-order valence-corrected chi connectivity index (χ1v) is 8.29. The predicted octanol–water partition coefficient (Wildman–Crippen LogP) is 1.49. The molecule has 2 N–H and O–H groups in total. The summed E-state index contributed by atoms with van der Waals surface area (Å²) < 4.78 is 33.4. The molecule has 1 aliphatic rings. The number of primary sulfonamides is 1. The number of carbonyl (C=O) groups is 1. The summed E-state index contributed by atoms with van der Waals surface area (Å²) in [6, 6.07) is 2.59. The zero-order valence-corrected chi connectivity index (χ0v) is 13.0. The van der Waals surface area contributed by atoms with Crippen molar-refractivity contribution in [2.45, 2.75) is 18.2 Å². The largest absolute Gasteiger partial charge is 0.462 e. The normalized spacial score (nSPS) is 18.7. The summed E-state index contributed by atoms with van der Waals surface area (Å²) in [5.74, 6) is -0.446. The minimum absolute atomic E-state index is 0.102. The lowest BCUT2D eigenvalue weighted by molar-refractivity contribution is 0.0427. The number of sulfonamides is 1. The molecule has 0 aromatic heterocycles. The van der Waals surface area contributed by atoms with Crippen LogP contribution in [-0.4, -0.2) is 34.2 Å². The monoisotopic (exact) mass is 333 g/mol. The summed E-state index contributed by atoms with van der Waals surface area (Å²) in [4.78, 5) is 11.9. The molecule has 2 rings (SSSR count). The fourth-order valence-electron chi connectivity index (χ4n) is 2.15. The molecule has 1 saturated heterocycles. The van der Waals surface area contributed by atoms with Crippen molar-refractivity contribution >= 4 is 27.6 Å². The Morgan fingerprint density at radius 3 is 2.81 bits per heavy atom. The average molecular weight is 334 g/mol. The van der Waals surface area contributed by atoms with E-state index in [1.54, 1.807) is 0 Å². The maximum Gasteiger partial charge on any atom is 0.338 e. The van der Waals surface area contributed by atoms with Crippen LogP contribution in [0.25, 0.3) is 0 Å². The van der Waals surface area contributed by atoms with Crippen molar-refractivity contribution in [2.75, 3.05) is 19.8 Å². The molecular weight excluding hydrogens is 318 g/mol. The summed E-state index contributed by atoms with van der Waals surface area (Å²) in [5.41, 5.74) is 0.333. The molecule has 116 valence electrons. The molecule has 1 heterocycles. The van der Waals surface area contributed by atoms with Crippen LogP contribution < -0.4 is 5.14 Å². The number of nitrogens with two attached hydrogens (primary N) is 1. The Morgan fingerprint density at radius 1 is 1.52 bits per heavy atom. The van der Waals surface area contributed by atoms with E-state index >= 15 is 0 Å². The third-order valence-electron chi connectivity index (χ3n) is 3.33. The van der Waals surface area contributed by atoms with Crippen LogP contribution >= 0.6 is 11.6 Å². The van der Waals surface area contributed by atoms with Crippen molar-refractivity contribution in [3.05, 3.63) is 28.3 Å². The quantitative estimate of drug-likeness (QED) is 0.842. The molecule has 8 heteroatoms. The highest BCUT2D eigenvalue weighted by molar-refractivity contribution is 7.89. The van der Waals surface area contributed by atoms with Crippen LogP contribution in [-0.2, 0) is 19.5 Å². The van der Waals surface area contributed by atoms with Crippen molar-refractivity contribution < 1.29 is 22.7 Å². The molecule has 1 aromatic carbocycles. The van der Waals surface area contributed by atoms with Crippen LogP contribution in [0.15, 0.2) is 17.0 Å². The first-order chi connectivity index (χ1) is 9.79. The van der Waals surface area contributed by atoms with Gasteiger partial charge < -0.3 is 9.47 Å². The second-order valence-corrected chi connectivity index (χ2v) is 6.92. The van der Waals surface area contributed by atoms with E-state index in [0.717, 1.165) is 6.42 Å². The van der Waals surface area contributed by atoms with E-state index in [-0.39, 0.29) is 33.6 Å². The van der Waals surface area contributed by atoms with Gasteiger partial charge in [0.25, 0.3) is 0 Å². The fraction of sp³-hybridized carbons (Fsp3) is 0.462. The van der Waals surface area contributed by atoms with E-state index in [0.29, 0.717) is 13.2 Å². The lowest BCUT2D eigenvalue weighted by Crippen LogP contribution is -2.18. The second kappa shape index (κ2) is 6.31. The lowest BCUT2D eigenvalue weighted by atomic mass is 10.1. The van der Waals surface area contributed by atoms with Crippen molar-refractivity contribution in [3.8, 4) is 0 Å². The van der Waals surface area contributed by atoms with Gasteiger partial charge in [-0.05, 0) is 31.0 Å². The number of hydrogen-bond donors (Lipinski definition) is 1. The standard InChI is InChI=1S/C13H16ClNO5S/c1-8-11(4-10(14)5-12(8)21(15,17)18)13(16)20-7-9-2-3-19-6-9/h4-5,9H,2-3,6-7H2,1H3,(H2,15,17,18). The van der Waals surface area contributed by atoms with E-state index in [9.17, 15) is 13.2 Å². The zero-order chi connectivity index (χ0) is 15.6. The van der Waals surface area contributed by atoms with Gasteiger partial charge in [-0.2, -0.15) is 0 Å². The highest BCUT2D eigenvalue weighted by atomic mass is 35.5. The Kier molecular flexibility index (Phi) is 4.88. The van der Waals surface area contributed by atoms with Crippen molar-refractivity contribution in [2.24, 2.45) is 11.1 Å². The summed E-state index contributed by atoms with van der Waals surface area (Å²) in [6.45, 7) is 2.94. The molecule has 0 bridgehead atoms. The SMILES string of the molecule is Cc1c(C(=O)OCC2CCOC2)cc(Cl)cc1S(N)(=O)=O. The van der Waals surface area contributed by atoms with Crippen molar-refractivity contribution in [3.63, 3.8) is 0 Å². The van der Waals surface area contributed by atoms with Gasteiger partial charge in [-0.25, -0.2) is 18.4 Å². The summed E-state index contributed by atoms with van der Waals surface area (Å²) >= 11 is 5.85. The molecule has 1 aliphatic heterocycles. The molecule has 1 fully saturated rings. The maximum atomic E-state index is 12.1. The first kappa shape index (κ1) is 16.2. The number of ether oxygens (including phenoxy) is 2. The van der Waals surface area contributed by atoms with E-state index in [2.05, 4.69) is 0 Å². The lowest BCUT2D eigenvalue weighted by Gasteiger charge is -2.12. The van der Waals surface area contributed by atoms with Gasteiger partial charge in [-0.15, -0.1) is 0 Å². The van der Waals surface area contributed by atoms with E-state index in [4.69, 9.17) is 26.2 Å². The van der Waals surface area contributed by atoms with E-state index < -0.39 is 16.0 Å². The molecular formula is C13H16ClNO5S. The van der Waals surface area contributed by atoms with Crippen molar-refractivity contribution in [1.82, 2.24) is 0 Å². The van der Waals surface area contributed by atoms with Gasteiger partial charge in [-0.1, -0.05) is 11.6 Å². The van der Waals surface area contributed by atoms with Gasteiger partial charge in [0.1, 0.15) is 0 Å². The number of rotatable bonds is 4. The molecule has 1 atom stereocenters. The van der Waals surface area contributed by atoms with Gasteiger partial charge >= 0.3 is 5.97 Å². The van der Waals surface area contributed by atoms with Gasteiger partial charge in [-0.3, -0.25) is 0 Å². The van der Waals surface area contributed by atoms with Gasteiger partial charge in [0.05, 0.1) is 23.7 Å². The fourth-order valence-corrected chi connectivity index (χ4v) is 3.26. The third-order valence-corrected chi connectivity index (χ3v) is 4.58. The van der Waals surface area contributed by atoms with Crippen LogP contribution in [0.3, 0.4) is 0 Å². The Labute approximate surface area is 128 Å². The topological polar surface area (TPSA) is 95.7 Å². The number of hydrogen-bond acceptors (Lipinski definition) is 5. The number of carbonyl (C=O) groups excluding carboxylic acids is 1. The Bertz CT molecular complexity index is 653. The molecule has 0 aliphatic carbocycles. The highest BCUT2D eigenvalue weighted by Gasteiger charge is 2.22. The number of benzene rings is 1. The molecule has 1 aromatic rings. The van der Waals surface area contributed by atoms with Crippen LogP contribution in [0.4, 0.5) is 0 Å². The minimum atomic E-state index is -3.95. The smallest absolute Gasteiger partial charge is 0.338 e.